The standard InChI is InChI=1S/C21H16ClN7O2/c1-11(25-18-13(10-23)17(24)27-21(31)28-18)19-26-15-9-5-8-14(22)16(15)20(30)29(19)12-6-3-2-4-7-12/h2-9,11H,1H3,(H4,24,25,27,28,31)/t11-/m0/s1. The van der Waals surface area contributed by atoms with Crippen molar-refractivity contribution < 1.29 is 0 Å². The van der Waals surface area contributed by atoms with Crippen molar-refractivity contribution in [2.75, 3.05) is 11.1 Å². The van der Waals surface area contributed by atoms with Crippen molar-refractivity contribution in [2.24, 2.45) is 0 Å². The average molecular weight is 434 g/mol. The van der Waals surface area contributed by atoms with Crippen LogP contribution in [0.15, 0.2) is 58.1 Å². The number of nitrogen functional groups attached to an aromatic ring is 1. The third-order valence-corrected chi connectivity index (χ3v) is 5.02. The SMILES string of the molecule is C[C@H](Nc1nc(=O)[nH]c(N)c1C#N)c1nc2cccc(Cl)c2c(=O)n1-c1ccccc1. The van der Waals surface area contributed by atoms with Crippen LogP contribution in [-0.4, -0.2) is 19.5 Å². The fourth-order valence-corrected chi connectivity index (χ4v) is 3.55. The molecule has 31 heavy (non-hydrogen) atoms. The van der Waals surface area contributed by atoms with E-state index in [1.54, 1.807) is 49.4 Å². The Morgan fingerprint density at radius 3 is 2.61 bits per heavy atom. The molecule has 0 unspecified atom stereocenters. The summed E-state index contributed by atoms with van der Waals surface area (Å²) in [5, 5.41) is 13.0. The zero-order chi connectivity index (χ0) is 22.1. The van der Waals surface area contributed by atoms with Gasteiger partial charge in [-0.05, 0) is 31.2 Å². The molecule has 0 aliphatic heterocycles. The van der Waals surface area contributed by atoms with Gasteiger partial charge in [-0.1, -0.05) is 35.9 Å². The van der Waals surface area contributed by atoms with Gasteiger partial charge in [0.05, 0.1) is 27.7 Å². The molecule has 0 aliphatic carbocycles. The lowest BCUT2D eigenvalue weighted by Gasteiger charge is -2.20. The molecule has 0 saturated carbocycles. The molecule has 0 saturated heterocycles. The van der Waals surface area contributed by atoms with Crippen molar-refractivity contribution in [1.29, 1.82) is 5.26 Å². The van der Waals surface area contributed by atoms with Crippen LogP contribution in [-0.2, 0) is 0 Å². The normalized spacial score (nSPS) is 11.8. The van der Waals surface area contributed by atoms with Gasteiger partial charge in [0.1, 0.15) is 23.3 Å². The molecule has 4 rings (SSSR count). The predicted molar refractivity (Wildman–Crippen MR) is 118 cm³/mol. The Bertz CT molecular complexity index is 1460. The first-order chi connectivity index (χ1) is 14.9. The Balaban J connectivity index is 1.95. The second kappa shape index (κ2) is 7.93. The van der Waals surface area contributed by atoms with Crippen LogP contribution in [0.5, 0.6) is 0 Å². The van der Waals surface area contributed by atoms with E-state index in [4.69, 9.17) is 17.3 Å². The number of nitrogens with zero attached hydrogens (tertiary/aromatic N) is 4. The molecule has 4 N–H and O–H groups in total. The van der Waals surface area contributed by atoms with Gasteiger partial charge in [-0.15, -0.1) is 0 Å². The fraction of sp³-hybridized carbons (Fsp3) is 0.0952. The van der Waals surface area contributed by atoms with E-state index in [0.717, 1.165) is 0 Å². The number of rotatable bonds is 4. The van der Waals surface area contributed by atoms with Crippen molar-refractivity contribution in [1.82, 2.24) is 19.5 Å². The van der Waals surface area contributed by atoms with Crippen molar-refractivity contribution in [2.45, 2.75) is 13.0 Å². The van der Waals surface area contributed by atoms with Crippen molar-refractivity contribution in [3.63, 3.8) is 0 Å². The quantitative estimate of drug-likeness (QED) is 0.449. The van der Waals surface area contributed by atoms with Crippen molar-refractivity contribution in [3.8, 4) is 11.8 Å². The Hall–Kier alpha value is -4.16. The maximum atomic E-state index is 13.4. The molecule has 0 spiro atoms. The monoisotopic (exact) mass is 433 g/mol. The highest BCUT2D eigenvalue weighted by atomic mass is 35.5. The molecule has 154 valence electrons. The summed E-state index contributed by atoms with van der Waals surface area (Å²) in [6.07, 6.45) is 0. The third-order valence-electron chi connectivity index (χ3n) is 4.70. The van der Waals surface area contributed by atoms with Gasteiger partial charge in [-0.3, -0.25) is 14.3 Å². The van der Waals surface area contributed by atoms with Gasteiger partial charge in [-0.25, -0.2) is 9.78 Å². The maximum absolute atomic E-state index is 13.4. The summed E-state index contributed by atoms with van der Waals surface area (Å²) in [5.74, 6) is 0.239. The Labute approximate surface area is 180 Å². The van der Waals surface area contributed by atoms with Gasteiger partial charge in [-0.2, -0.15) is 10.2 Å². The Kier molecular flexibility index (Phi) is 5.15. The van der Waals surface area contributed by atoms with Crippen LogP contribution >= 0.6 is 11.6 Å². The summed E-state index contributed by atoms with van der Waals surface area (Å²) in [6, 6.07) is 15.3. The number of nitrogens with one attached hydrogen (secondary N) is 2. The number of benzene rings is 2. The van der Waals surface area contributed by atoms with Crippen LogP contribution < -0.4 is 22.3 Å². The topological polar surface area (TPSA) is 142 Å². The highest BCUT2D eigenvalue weighted by Gasteiger charge is 2.21. The summed E-state index contributed by atoms with van der Waals surface area (Å²) in [4.78, 5) is 35.9. The zero-order valence-corrected chi connectivity index (χ0v) is 17.0. The largest absolute Gasteiger partial charge is 0.384 e. The number of anilines is 2. The minimum absolute atomic E-state index is 0.00342. The molecule has 0 radical (unpaired) electrons. The molecule has 1 atom stereocenters. The van der Waals surface area contributed by atoms with Gasteiger partial charge in [0.2, 0.25) is 0 Å². The molecular weight excluding hydrogens is 418 g/mol. The molecule has 2 aromatic carbocycles. The molecule has 2 aromatic heterocycles. The second-order valence-corrected chi connectivity index (χ2v) is 7.14. The summed E-state index contributed by atoms with van der Waals surface area (Å²) < 4.78 is 1.44. The molecule has 10 heteroatoms. The predicted octanol–water partition coefficient (Wildman–Crippen LogP) is 2.75. The molecule has 9 nitrogen and oxygen atoms in total. The molecule has 4 aromatic rings. The molecular formula is C21H16ClN7O2. The van der Waals surface area contributed by atoms with Crippen LogP contribution in [0.2, 0.25) is 5.02 Å². The van der Waals surface area contributed by atoms with Crippen LogP contribution in [0.3, 0.4) is 0 Å². The number of aromatic amines is 1. The highest BCUT2D eigenvalue weighted by Crippen LogP contribution is 2.25. The number of nitriles is 1. The first-order valence-corrected chi connectivity index (χ1v) is 9.61. The number of fused-ring (bicyclic) bond motifs is 1. The average Bonchev–Trinajstić information content (AvgIpc) is 2.74. The van der Waals surface area contributed by atoms with Gasteiger partial charge < -0.3 is 11.1 Å². The van der Waals surface area contributed by atoms with E-state index in [0.29, 0.717) is 27.4 Å². The van der Waals surface area contributed by atoms with E-state index >= 15 is 0 Å². The van der Waals surface area contributed by atoms with Crippen molar-refractivity contribution >= 4 is 34.1 Å². The van der Waals surface area contributed by atoms with Crippen LogP contribution in [0.25, 0.3) is 16.6 Å². The van der Waals surface area contributed by atoms with E-state index in [1.165, 1.54) is 4.57 Å². The molecule has 0 aliphatic rings. The summed E-state index contributed by atoms with van der Waals surface area (Å²) in [7, 11) is 0. The van der Waals surface area contributed by atoms with Crippen LogP contribution in [0, 0.1) is 11.3 Å². The van der Waals surface area contributed by atoms with Gasteiger partial charge >= 0.3 is 5.69 Å². The van der Waals surface area contributed by atoms with Crippen molar-refractivity contribution in [3.05, 3.63) is 85.8 Å². The minimum Gasteiger partial charge on any atom is -0.384 e. The maximum Gasteiger partial charge on any atom is 0.348 e. The smallest absolute Gasteiger partial charge is 0.348 e. The molecule has 0 bridgehead atoms. The summed E-state index contributed by atoms with van der Waals surface area (Å²) >= 11 is 6.29. The number of nitrogens with two attached hydrogens (primary N) is 1. The Morgan fingerprint density at radius 1 is 1.16 bits per heavy atom. The molecule has 2 heterocycles. The molecule has 0 amide bonds. The number of aromatic nitrogens is 4. The van der Waals surface area contributed by atoms with Gasteiger partial charge in [0.15, 0.2) is 5.82 Å². The number of para-hydroxylation sites is 1. The zero-order valence-electron chi connectivity index (χ0n) is 16.3. The number of halogens is 1. The molecule has 0 fully saturated rings. The number of hydrogen-bond acceptors (Lipinski definition) is 7. The minimum atomic E-state index is -0.704. The van der Waals surface area contributed by atoms with Crippen LogP contribution in [0.1, 0.15) is 24.4 Å². The van der Waals surface area contributed by atoms with E-state index in [2.05, 4.69) is 20.3 Å². The number of H-pyrrole nitrogens is 1. The first-order valence-electron chi connectivity index (χ1n) is 9.23. The third kappa shape index (κ3) is 3.60. The lowest BCUT2D eigenvalue weighted by Crippen LogP contribution is -2.28. The van der Waals surface area contributed by atoms with Gasteiger partial charge in [0.25, 0.3) is 5.56 Å². The Morgan fingerprint density at radius 2 is 1.90 bits per heavy atom. The van der Waals surface area contributed by atoms with Gasteiger partial charge in [0, 0.05) is 0 Å². The van der Waals surface area contributed by atoms with E-state index in [9.17, 15) is 14.9 Å². The summed E-state index contributed by atoms with van der Waals surface area (Å²) in [5.41, 5.74) is 5.69. The van der Waals surface area contributed by atoms with E-state index < -0.39 is 11.7 Å². The van der Waals surface area contributed by atoms with E-state index in [1.807, 2.05) is 12.1 Å². The second-order valence-electron chi connectivity index (χ2n) is 6.74. The first kappa shape index (κ1) is 20.1. The van der Waals surface area contributed by atoms with Crippen LogP contribution in [0.4, 0.5) is 11.6 Å². The van der Waals surface area contributed by atoms with E-state index in [-0.39, 0.29) is 22.8 Å². The highest BCUT2D eigenvalue weighted by molar-refractivity contribution is 6.35. The summed E-state index contributed by atoms with van der Waals surface area (Å²) in [6.45, 7) is 1.73. The fourth-order valence-electron chi connectivity index (χ4n) is 3.30. The lowest BCUT2D eigenvalue weighted by atomic mass is 10.2. The lowest BCUT2D eigenvalue weighted by molar-refractivity contribution is 0.729. The number of hydrogen-bond donors (Lipinski definition) is 3.